The van der Waals surface area contributed by atoms with Gasteiger partial charge in [0.2, 0.25) is 0 Å². The molecule has 0 amide bonds. The predicted octanol–water partition coefficient (Wildman–Crippen LogP) is 6.85. The first kappa shape index (κ1) is 19.3. The second-order valence-corrected chi connectivity index (χ2v) is 16.4. The van der Waals surface area contributed by atoms with Gasteiger partial charge in [0.15, 0.2) is 0 Å². The molecule has 30 heavy (non-hydrogen) atoms. The number of hydrogen-bond donors (Lipinski definition) is 1. The number of nitrogens with one attached hydrogen (secondary N) is 1. The van der Waals surface area contributed by atoms with Gasteiger partial charge in [-0.2, -0.15) is 0 Å². The monoisotopic (exact) mass is 415 g/mol. The first-order valence-electron chi connectivity index (χ1n) is 12.5. The zero-order valence-electron chi connectivity index (χ0n) is 18.9. The molecule has 158 valence electrons. The van der Waals surface area contributed by atoms with Crippen LogP contribution in [-0.4, -0.2) is 20.7 Å². The fourth-order valence-corrected chi connectivity index (χ4v) is 14.4. The van der Waals surface area contributed by atoms with Gasteiger partial charge in [0.1, 0.15) is 0 Å². The quantitative estimate of drug-likeness (QED) is 0.529. The average Bonchev–Trinajstić information content (AvgIpc) is 3.26. The summed E-state index contributed by atoms with van der Waals surface area (Å²) in [5.41, 5.74) is 7.90. The van der Waals surface area contributed by atoms with Crippen LogP contribution in [0.15, 0.2) is 48.5 Å². The fraction of sp³-hybridized carbons (Fsp3) is 0.571. The molecule has 6 unspecified atom stereocenters. The molecule has 2 aromatic carbocycles. The minimum absolute atomic E-state index is 0.660. The lowest BCUT2D eigenvalue weighted by Crippen LogP contribution is -2.50. The van der Waals surface area contributed by atoms with Crippen LogP contribution in [0.2, 0.25) is 18.6 Å². The summed E-state index contributed by atoms with van der Waals surface area (Å²) in [5, 5.41) is 3.94. The van der Waals surface area contributed by atoms with E-state index >= 15 is 0 Å². The van der Waals surface area contributed by atoms with Gasteiger partial charge in [-0.25, -0.2) is 0 Å². The molecule has 1 saturated heterocycles. The molecule has 0 aromatic heterocycles. The van der Waals surface area contributed by atoms with Crippen LogP contribution in [0.4, 0.5) is 0 Å². The Labute approximate surface area is 183 Å². The zero-order valence-corrected chi connectivity index (χ0v) is 19.9. The Morgan fingerprint density at radius 1 is 0.833 bits per heavy atom. The first-order chi connectivity index (χ1) is 14.6. The molecule has 6 atom stereocenters. The van der Waals surface area contributed by atoms with E-state index in [2.05, 4.69) is 73.9 Å². The van der Waals surface area contributed by atoms with Crippen molar-refractivity contribution < 1.29 is 0 Å². The second kappa shape index (κ2) is 7.07. The smallest absolute Gasteiger partial charge is 0.0640 e. The van der Waals surface area contributed by atoms with Crippen molar-refractivity contribution >= 4 is 8.07 Å². The van der Waals surface area contributed by atoms with Gasteiger partial charge < -0.3 is 5.32 Å². The van der Waals surface area contributed by atoms with Crippen LogP contribution < -0.4 is 5.32 Å². The SMILES string of the molecule is CC1CC2CC3CCCNC3CC2C1[Si](C)(C)C1c2ccccc2-c2ccccc21. The molecule has 0 spiro atoms. The van der Waals surface area contributed by atoms with Gasteiger partial charge in [-0.1, -0.05) is 68.5 Å². The predicted molar refractivity (Wildman–Crippen MR) is 129 cm³/mol. The van der Waals surface area contributed by atoms with Crippen molar-refractivity contribution in [3.63, 3.8) is 0 Å². The highest BCUT2D eigenvalue weighted by Crippen LogP contribution is 2.62. The van der Waals surface area contributed by atoms with Gasteiger partial charge in [0, 0.05) is 11.6 Å². The van der Waals surface area contributed by atoms with Crippen molar-refractivity contribution in [2.45, 2.75) is 69.2 Å². The van der Waals surface area contributed by atoms with E-state index in [4.69, 9.17) is 0 Å². The molecule has 4 aliphatic rings. The number of fused-ring (bicyclic) bond motifs is 5. The van der Waals surface area contributed by atoms with Crippen LogP contribution in [-0.2, 0) is 0 Å². The van der Waals surface area contributed by atoms with Crippen molar-refractivity contribution in [1.82, 2.24) is 5.32 Å². The number of rotatable bonds is 2. The molecule has 1 N–H and O–H groups in total. The largest absolute Gasteiger partial charge is 0.314 e. The van der Waals surface area contributed by atoms with E-state index < -0.39 is 8.07 Å². The molecule has 0 radical (unpaired) electrons. The van der Waals surface area contributed by atoms with Crippen LogP contribution in [0, 0.1) is 23.7 Å². The van der Waals surface area contributed by atoms with E-state index in [1.807, 2.05) is 0 Å². The zero-order chi connectivity index (χ0) is 20.5. The summed E-state index contributed by atoms with van der Waals surface area (Å²) in [6, 6.07) is 19.5. The van der Waals surface area contributed by atoms with E-state index in [-0.39, 0.29) is 0 Å². The summed E-state index contributed by atoms with van der Waals surface area (Å²) in [5.74, 6) is 3.80. The Kier molecular flexibility index (Phi) is 4.55. The van der Waals surface area contributed by atoms with E-state index in [1.165, 1.54) is 49.8 Å². The van der Waals surface area contributed by atoms with Gasteiger partial charge in [0.05, 0.1) is 8.07 Å². The Bertz CT molecular complexity index is 904. The van der Waals surface area contributed by atoms with Crippen molar-refractivity contribution in [2.75, 3.05) is 6.54 Å². The Balaban J connectivity index is 1.40. The maximum Gasteiger partial charge on any atom is 0.0640 e. The molecule has 6 rings (SSSR count). The fourth-order valence-electron chi connectivity index (χ4n) is 8.82. The Hall–Kier alpha value is -1.38. The molecular formula is C28H37NSi. The summed E-state index contributed by atoms with van der Waals surface area (Å²) < 4.78 is 0. The molecule has 1 nitrogen and oxygen atoms in total. The van der Waals surface area contributed by atoms with Gasteiger partial charge in [0.25, 0.3) is 0 Å². The molecule has 0 bridgehead atoms. The molecule has 2 saturated carbocycles. The van der Waals surface area contributed by atoms with Crippen molar-refractivity contribution in [3.05, 3.63) is 59.7 Å². The number of piperidine rings is 1. The third-order valence-corrected chi connectivity index (χ3v) is 14.5. The number of hydrogen-bond acceptors (Lipinski definition) is 1. The highest BCUT2D eigenvalue weighted by molar-refractivity contribution is 6.81. The second-order valence-electron chi connectivity index (χ2n) is 11.5. The maximum absolute atomic E-state index is 3.94. The van der Waals surface area contributed by atoms with Gasteiger partial charge in [-0.3, -0.25) is 0 Å². The molecule has 2 aromatic rings. The summed E-state index contributed by atoms with van der Waals surface area (Å²) in [7, 11) is -1.60. The normalized spacial score (nSPS) is 35.4. The van der Waals surface area contributed by atoms with E-state index in [9.17, 15) is 0 Å². The first-order valence-corrected chi connectivity index (χ1v) is 15.6. The van der Waals surface area contributed by atoms with Crippen LogP contribution in [0.25, 0.3) is 11.1 Å². The van der Waals surface area contributed by atoms with Crippen LogP contribution in [0.5, 0.6) is 0 Å². The Morgan fingerprint density at radius 3 is 2.20 bits per heavy atom. The molecule has 3 aliphatic carbocycles. The van der Waals surface area contributed by atoms with E-state index in [0.717, 1.165) is 35.3 Å². The topological polar surface area (TPSA) is 12.0 Å². The van der Waals surface area contributed by atoms with E-state index in [1.54, 1.807) is 11.1 Å². The highest BCUT2D eigenvalue weighted by Gasteiger charge is 2.56. The maximum atomic E-state index is 3.94. The van der Waals surface area contributed by atoms with Crippen LogP contribution in [0.3, 0.4) is 0 Å². The highest BCUT2D eigenvalue weighted by atomic mass is 28.3. The molecule has 1 heterocycles. The lowest BCUT2D eigenvalue weighted by molar-refractivity contribution is 0.126. The van der Waals surface area contributed by atoms with Crippen molar-refractivity contribution in [3.8, 4) is 11.1 Å². The van der Waals surface area contributed by atoms with Gasteiger partial charge in [-0.15, -0.1) is 0 Å². The standard InChI is InChI=1S/C28H37NSi/c1-18-15-20-16-19-9-8-14-29-26(19)17-25(20)27(18)30(2,3)28-23-12-6-4-10-21(23)22-11-5-7-13-24(22)28/h4-7,10-13,18-20,25-29H,8-9,14-17H2,1-3H3. The van der Waals surface area contributed by atoms with Crippen molar-refractivity contribution in [1.29, 1.82) is 0 Å². The summed E-state index contributed by atoms with van der Waals surface area (Å²) >= 11 is 0. The third-order valence-electron chi connectivity index (χ3n) is 9.65. The lowest BCUT2D eigenvalue weighted by atomic mass is 9.70. The molecule has 1 aliphatic heterocycles. The van der Waals surface area contributed by atoms with E-state index in [0.29, 0.717) is 5.54 Å². The average molecular weight is 416 g/mol. The molecule has 3 fully saturated rings. The molecular weight excluding hydrogens is 378 g/mol. The number of benzene rings is 2. The lowest BCUT2D eigenvalue weighted by Gasteiger charge is -2.48. The van der Waals surface area contributed by atoms with Crippen LogP contribution in [0.1, 0.15) is 55.7 Å². The molecule has 2 heteroatoms. The van der Waals surface area contributed by atoms with Crippen molar-refractivity contribution in [2.24, 2.45) is 23.7 Å². The third kappa shape index (κ3) is 2.76. The minimum atomic E-state index is -1.60. The van der Waals surface area contributed by atoms with Gasteiger partial charge >= 0.3 is 0 Å². The summed E-state index contributed by atoms with van der Waals surface area (Å²) in [6.45, 7) is 9.37. The summed E-state index contributed by atoms with van der Waals surface area (Å²) in [6.07, 6.45) is 7.32. The Morgan fingerprint density at radius 2 is 1.50 bits per heavy atom. The summed E-state index contributed by atoms with van der Waals surface area (Å²) in [4.78, 5) is 0. The van der Waals surface area contributed by atoms with Gasteiger partial charge in [-0.05, 0) is 90.1 Å². The van der Waals surface area contributed by atoms with Crippen LogP contribution >= 0.6 is 0 Å². The minimum Gasteiger partial charge on any atom is -0.314 e.